The lowest BCUT2D eigenvalue weighted by Gasteiger charge is -2.37. The average molecular weight is 552 g/mol. The van der Waals surface area contributed by atoms with E-state index < -0.39 is 17.6 Å². The number of nitrogen functional groups attached to an aromatic ring is 1. The van der Waals surface area contributed by atoms with Gasteiger partial charge in [0.2, 0.25) is 0 Å². The molecule has 0 bridgehead atoms. The van der Waals surface area contributed by atoms with E-state index in [9.17, 15) is 23.2 Å². The van der Waals surface area contributed by atoms with Gasteiger partial charge in [-0.05, 0) is 68.9 Å². The maximum absolute atomic E-state index is 13.0. The van der Waals surface area contributed by atoms with Gasteiger partial charge in [0, 0.05) is 18.6 Å². The standard InChI is InChI=1S/C28H28F3N7O2/c1-38(2)11-10-18(15-32)27(39)37-21-13-20(14-21)36-26-24(25(33)34-16-35-26)17-6-8-22(9-7-17)40-23-5-3-4-19(12-23)28(29,30)31/h3-10,12,16,20-21H,11,13-14H2,1-2H3,(H,37,39)(H3,33,34,35,36)/b18-10+. The lowest BCUT2D eigenvalue weighted by Crippen LogP contribution is -2.50. The molecule has 4 rings (SSSR count). The Bertz CT molecular complexity index is 1430. The topological polar surface area (TPSA) is 129 Å². The molecular formula is C28H28F3N7O2. The summed E-state index contributed by atoms with van der Waals surface area (Å²) < 4.78 is 44.6. The number of carbonyl (C=O) groups excluding carboxylic acids is 1. The first kappa shape index (κ1) is 28.4. The average Bonchev–Trinajstić information content (AvgIpc) is 2.88. The molecule has 0 aliphatic heterocycles. The van der Waals surface area contributed by atoms with Crippen molar-refractivity contribution in [2.45, 2.75) is 31.1 Å². The highest BCUT2D eigenvalue weighted by molar-refractivity contribution is 5.97. The molecule has 0 radical (unpaired) electrons. The Balaban J connectivity index is 1.40. The first-order valence-corrected chi connectivity index (χ1v) is 12.4. The second-order valence-corrected chi connectivity index (χ2v) is 9.61. The quantitative estimate of drug-likeness (QED) is 0.260. The highest BCUT2D eigenvalue weighted by Gasteiger charge is 2.32. The minimum atomic E-state index is -4.47. The predicted molar refractivity (Wildman–Crippen MR) is 144 cm³/mol. The summed E-state index contributed by atoms with van der Waals surface area (Å²) in [6.07, 6.45) is -0.267. The SMILES string of the molecule is CN(C)C/C=C(\C#N)C(=O)NC1CC(Nc2ncnc(N)c2-c2ccc(Oc3cccc(C(F)(F)F)c3)cc2)C1. The largest absolute Gasteiger partial charge is 0.457 e. The van der Waals surface area contributed by atoms with E-state index >= 15 is 0 Å². The van der Waals surface area contributed by atoms with Crippen molar-refractivity contribution in [1.29, 1.82) is 5.26 Å². The van der Waals surface area contributed by atoms with E-state index in [0.717, 1.165) is 12.1 Å². The van der Waals surface area contributed by atoms with Crippen molar-refractivity contribution in [1.82, 2.24) is 20.2 Å². The number of halogens is 3. The molecule has 208 valence electrons. The molecule has 2 aromatic carbocycles. The summed E-state index contributed by atoms with van der Waals surface area (Å²) in [6.45, 7) is 0.488. The first-order valence-electron chi connectivity index (χ1n) is 12.4. The van der Waals surface area contributed by atoms with E-state index in [-0.39, 0.29) is 29.2 Å². The summed E-state index contributed by atoms with van der Waals surface area (Å²) in [5, 5.41) is 15.5. The van der Waals surface area contributed by atoms with Crippen LogP contribution in [0.4, 0.5) is 24.8 Å². The minimum Gasteiger partial charge on any atom is -0.457 e. The van der Waals surface area contributed by atoms with Crippen molar-refractivity contribution in [2.24, 2.45) is 0 Å². The summed E-state index contributed by atoms with van der Waals surface area (Å²) in [5.74, 6) is 0.777. The van der Waals surface area contributed by atoms with Gasteiger partial charge in [-0.1, -0.05) is 18.2 Å². The number of nitrogens with two attached hydrogens (primary N) is 1. The number of hydrogen-bond donors (Lipinski definition) is 3. The Morgan fingerprint density at radius 3 is 2.52 bits per heavy atom. The zero-order valence-corrected chi connectivity index (χ0v) is 21.9. The molecule has 0 unspecified atom stereocenters. The van der Waals surface area contributed by atoms with E-state index in [1.54, 1.807) is 30.3 Å². The molecule has 1 amide bonds. The van der Waals surface area contributed by atoms with Crippen molar-refractivity contribution >= 4 is 17.5 Å². The number of rotatable bonds is 9. The Morgan fingerprint density at radius 2 is 1.88 bits per heavy atom. The molecule has 4 N–H and O–H groups in total. The van der Waals surface area contributed by atoms with Crippen molar-refractivity contribution in [2.75, 3.05) is 31.7 Å². The van der Waals surface area contributed by atoms with Crippen molar-refractivity contribution < 1.29 is 22.7 Å². The number of nitriles is 1. The van der Waals surface area contributed by atoms with Crippen LogP contribution >= 0.6 is 0 Å². The van der Waals surface area contributed by atoms with Crippen molar-refractivity contribution in [3.05, 3.63) is 72.1 Å². The van der Waals surface area contributed by atoms with Crippen molar-refractivity contribution in [3.63, 3.8) is 0 Å². The van der Waals surface area contributed by atoms with E-state index in [2.05, 4.69) is 20.6 Å². The van der Waals surface area contributed by atoms with Crippen LogP contribution in [0.5, 0.6) is 11.5 Å². The fourth-order valence-corrected chi connectivity index (χ4v) is 4.13. The third kappa shape index (κ3) is 7.06. The fraction of sp³-hybridized carbons (Fsp3) is 0.286. The van der Waals surface area contributed by atoms with Crippen LogP contribution < -0.4 is 21.1 Å². The second-order valence-electron chi connectivity index (χ2n) is 9.61. The number of amides is 1. The molecule has 1 aliphatic rings. The van der Waals surface area contributed by atoms with Crippen LogP contribution in [0, 0.1) is 11.3 Å². The Kier molecular flexibility index (Phi) is 8.55. The minimum absolute atomic E-state index is 0.0122. The molecule has 12 heteroatoms. The molecule has 1 saturated carbocycles. The molecule has 1 aliphatic carbocycles. The molecule has 9 nitrogen and oxygen atoms in total. The highest BCUT2D eigenvalue weighted by atomic mass is 19.4. The zero-order chi connectivity index (χ0) is 28.9. The number of anilines is 2. The van der Waals surface area contributed by atoms with Gasteiger partial charge in [-0.2, -0.15) is 18.4 Å². The Hall–Kier alpha value is -4.63. The third-order valence-corrected chi connectivity index (χ3v) is 6.26. The van der Waals surface area contributed by atoms with Gasteiger partial charge in [-0.3, -0.25) is 4.79 Å². The number of nitrogens with one attached hydrogen (secondary N) is 2. The van der Waals surface area contributed by atoms with Crippen LogP contribution in [-0.2, 0) is 11.0 Å². The number of ether oxygens (including phenoxy) is 1. The van der Waals surface area contributed by atoms with Crippen LogP contribution in [0.1, 0.15) is 18.4 Å². The lowest BCUT2D eigenvalue weighted by molar-refractivity contribution is -0.137. The number of hydrogen-bond acceptors (Lipinski definition) is 8. The van der Waals surface area contributed by atoms with Gasteiger partial charge >= 0.3 is 6.18 Å². The highest BCUT2D eigenvalue weighted by Crippen LogP contribution is 2.36. The zero-order valence-electron chi connectivity index (χ0n) is 21.9. The molecule has 1 fully saturated rings. The van der Waals surface area contributed by atoms with Gasteiger partial charge in [0.15, 0.2) is 0 Å². The third-order valence-electron chi connectivity index (χ3n) is 6.26. The Morgan fingerprint density at radius 1 is 1.15 bits per heavy atom. The number of aromatic nitrogens is 2. The van der Waals surface area contributed by atoms with E-state index in [1.165, 1.54) is 18.5 Å². The van der Waals surface area contributed by atoms with Gasteiger partial charge in [0.05, 0.1) is 11.1 Å². The number of alkyl halides is 3. The smallest absolute Gasteiger partial charge is 0.416 e. The monoisotopic (exact) mass is 551 g/mol. The summed E-state index contributed by atoms with van der Waals surface area (Å²) >= 11 is 0. The fourth-order valence-electron chi connectivity index (χ4n) is 4.13. The molecule has 0 spiro atoms. The van der Waals surface area contributed by atoms with Crippen LogP contribution in [-0.4, -0.2) is 53.5 Å². The molecule has 3 aromatic rings. The summed E-state index contributed by atoms with van der Waals surface area (Å²) in [4.78, 5) is 22.7. The van der Waals surface area contributed by atoms with Crippen LogP contribution in [0.15, 0.2) is 66.5 Å². The maximum Gasteiger partial charge on any atom is 0.416 e. The summed E-state index contributed by atoms with van der Waals surface area (Å²) in [6, 6.07) is 13.2. The lowest BCUT2D eigenvalue weighted by atomic mass is 9.86. The van der Waals surface area contributed by atoms with Gasteiger partial charge in [0.1, 0.15) is 41.1 Å². The number of benzene rings is 2. The Labute approximate surface area is 229 Å². The van der Waals surface area contributed by atoms with E-state index in [0.29, 0.717) is 42.1 Å². The van der Waals surface area contributed by atoms with E-state index in [1.807, 2.05) is 25.1 Å². The molecule has 0 saturated heterocycles. The van der Waals surface area contributed by atoms with Gasteiger partial charge in [0.25, 0.3) is 5.91 Å². The van der Waals surface area contributed by atoms with Crippen LogP contribution in [0.25, 0.3) is 11.1 Å². The number of carbonyl (C=O) groups is 1. The first-order chi connectivity index (χ1) is 19.0. The molecular weight excluding hydrogens is 523 g/mol. The van der Waals surface area contributed by atoms with Crippen LogP contribution in [0.2, 0.25) is 0 Å². The molecule has 1 aromatic heterocycles. The van der Waals surface area contributed by atoms with Gasteiger partial charge < -0.3 is 26.0 Å². The maximum atomic E-state index is 13.0. The summed E-state index contributed by atoms with van der Waals surface area (Å²) in [5.41, 5.74) is 6.71. The van der Waals surface area contributed by atoms with Crippen LogP contribution in [0.3, 0.4) is 0 Å². The summed E-state index contributed by atoms with van der Waals surface area (Å²) in [7, 11) is 3.70. The number of likely N-dealkylation sites (N-methyl/N-ethyl adjacent to an activating group) is 1. The molecule has 40 heavy (non-hydrogen) atoms. The van der Waals surface area contributed by atoms with Crippen molar-refractivity contribution in [3.8, 4) is 28.7 Å². The second kappa shape index (κ2) is 12.0. The number of nitrogens with zero attached hydrogens (tertiary/aromatic N) is 4. The molecule has 1 heterocycles. The van der Waals surface area contributed by atoms with Gasteiger partial charge in [-0.25, -0.2) is 9.97 Å². The van der Waals surface area contributed by atoms with Gasteiger partial charge in [-0.15, -0.1) is 0 Å². The molecule has 0 atom stereocenters. The normalized spacial score (nSPS) is 17.1. The predicted octanol–water partition coefficient (Wildman–Crippen LogP) is 4.61. The van der Waals surface area contributed by atoms with E-state index in [4.69, 9.17) is 10.5 Å².